The van der Waals surface area contributed by atoms with Gasteiger partial charge in [-0.3, -0.25) is 14.6 Å². The van der Waals surface area contributed by atoms with Gasteiger partial charge in [0.2, 0.25) is 0 Å². The minimum Gasteiger partial charge on any atom is -0.457 e. The third kappa shape index (κ3) is 4.81. The van der Waals surface area contributed by atoms with Gasteiger partial charge < -0.3 is 15.4 Å². The summed E-state index contributed by atoms with van der Waals surface area (Å²) >= 11 is 5.85. The van der Waals surface area contributed by atoms with Crippen LogP contribution in [0.3, 0.4) is 0 Å². The molecule has 6 nitrogen and oxygen atoms in total. The number of aromatic nitrogens is 1. The van der Waals surface area contributed by atoms with Crippen molar-refractivity contribution in [3.63, 3.8) is 0 Å². The van der Waals surface area contributed by atoms with Crippen molar-refractivity contribution in [2.45, 2.75) is 0 Å². The number of halogens is 1. The Hall–Kier alpha value is -3.38. The van der Waals surface area contributed by atoms with Gasteiger partial charge in [-0.1, -0.05) is 23.7 Å². The smallest absolute Gasteiger partial charge is 0.314 e. The van der Waals surface area contributed by atoms with Crippen LogP contribution in [-0.2, 0) is 9.59 Å². The molecule has 0 radical (unpaired) electrons. The highest BCUT2D eigenvalue weighted by Gasteiger charge is 2.14. The second kappa shape index (κ2) is 8.13. The molecule has 0 bridgehead atoms. The van der Waals surface area contributed by atoms with E-state index in [-0.39, 0.29) is 0 Å². The van der Waals surface area contributed by atoms with Crippen LogP contribution in [0.5, 0.6) is 11.5 Å². The van der Waals surface area contributed by atoms with Crippen LogP contribution in [0.4, 0.5) is 11.4 Å². The summed E-state index contributed by atoms with van der Waals surface area (Å²) in [5, 5.41) is 5.47. The highest BCUT2D eigenvalue weighted by atomic mass is 35.5. The Morgan fingerprint density at radius 2 is 1.42 bits per heavy atom. The first-order valence-electron chi connectivity index (χ1n) is 7.66. The monoisotopic (exact) mass is 367 g/mol. The van der Waals surface area contributed by atoms with Gasteiger partial charge in [-0.2, -0.15) is 0 Å². The van der Waals surface area contributed by atoms with Crippen LogP contribution in [0.2, 0.25) is 5.02 Å². The van der Waals surface area contributed by atoms with Crippen molar-refractivity contribution in [2.75, 3.05) is 10.6 Å². The molecule has 0 unspecified atom stereocenters. The first kappa shape index (κ1) is 17.4. The number of rotatable bonds is 4. The minimum absolute atomic E-state index is 0.433. The van der Waals surface area contributed by atoms with Crippen LogP contribution in [0.15, 0.2) is 73.1 Å². The Labute approximate surface area is 154 Å². The van der Waals surface area contributed by atoms with E-state index in [1.165, 1.54) is 0 Å². The fraction of sp³-hybridized carbons (Fsp3) is 0. The summed E-state index contributed by atoms with van der Waals surface area (Å²) in [7, 11) is 0. The third-order valence-electron chi connectivity index (χ3n) is 3.27. The van der Waals surface area contributed by atoms with Gasteiger partial charge in [-0.05, 0) is 42.5 Å². The number of anilines is 2. The fourth-order valence-corrected chi connectivity index (χ4v) is 2.31. The second-order valence-corrected chi connectivity index (χ2v) is 5.67. The molecule has 26 heavy (non-hydrogen) atoms. The van der Waals surface area contributed by atoms with Crippen molar-refractivity contribution >= 4 is 34.8 Å². The normalized spacial score (nSPS) is 10.0. The van der Waals surface area contributed by atoms with E-state index in [2.05, 4.69) is 15.6 Å². The summed E-state index contributed by atoms with van der Waals surface area (Å²) in [4.78, 5) is 28.0. The first-order chi connectivity index (χ1) is 12.6. The number of hydrogen-bond acceptors (Lipinski definition) is 4. The summed E-state index contributed by atoms with van der Waals surface area (Å²) in [6, 6.07) is 16.7. The van der Waals surface area contributed by atoms with E-state index >= 15 is 0 Å². The molecule has 2 amide bonds. The van der Waals surface area contributed by atoms with Crippen molar-refractivity contribution in [1.82, 2.24) is 4.98 Å². The predicted octanol–water partition coefficient (Wildman–Crippen LogP) is 4.10. The van der Waals surface area contributed by atoms with Gasteiger partial charge in [0.05, 0.1) is 0 Å². The average molecular weight is 368 g/mol. The largest absolute Gasteiger partial charge is 0.457 e. The van der Waals surface area contributed by atoms with Crippen molar-refractivity contribution in [2.24, 2.45) is 0 Å². The number of carbonyl (C=O) groups is 2. The second-order valence-electron chi connectivity index (χ2n) is 5.23. The van der Waals surface area contributed by atoms with Gasteiger partial charge in [0, 0.05) is 34.9 Å². The van der Waals surface area contributed by atoms with Gasteiger partial charge >= 0.3 is 11.8 Å². The van der Waals surface area contributed by atoms with Crippen LogP contribution >= 0.6 is 11.6 Å². The SMILES string of the molecule is O=C(Nc1cccc(Cl)c1)C(=O)Nc1cccc(Oc2ccncc2)c1. The minimum atomic E-state index is -0.800. The molecule has 3 rings (SSSR count). The number of pyridine rings is 1. The number of amides is 2. The van der Waals surface area contributed by atoms with E-state index in [4.69, 9.17) is 16.3 Å². The lowest BCUT2D eigenvalue weighted by Gasteiger charge is -2.09. The highest BCUT2D eigenvalue weighted by molar-refractivity contribution is 6.43. The molecule has 0 fully saturated rings. The highest BCUT2D eigenvalue weighted by Crippen LogP contribution is 2.23. The number of benzene rings is 2. The summed E-state index contributed by atoms with van der Waals surface area (Å²) in [6.45, 7) is 0. The Morgan fingerprint density at radius 3 is 2.08 bits per heavy atom. The van der Waals surface area contributed by atoms with Crippen LogP contribution in [0, 0.1) is 0 Å². The molecular weight excluding hydrogens is 354 g/mol. The summed E-state index contributed by atoms with van der Waals surface area (Å²) in [6.07, 6.45) is 3.22. The zero-order valence-corrected chi connectivity index (χ0v) is 14.2. The molecule has 1 heterocycles. The molecule has 0 saturated heterocycles. The fourth-order valence-electron chi connectivity index (χ4n) is 2.12. The van der Waals surface area contributed by atoms with Gasteiger partial charge in [-0.25, -0.2) is 0 Å². The van der Waals surface area contributed by atoms with E-state index in [9.17, 15) is 9.59 Å². The van der Waals surface area contributed by atoms with Crippen molar-refractivity contribution in [3.05, 3.63) is 78.1 Å². The molecule has 3 aromatic rings. The molecule has 0 spiro atoms. The molecule has 2 N–H and O–H groups in total. The average Bonchev–Trinajstić information content (AvgIpc) is 2.63. The molecule has 0 aliphatic carbocycles. The molecule has 0 aliphatic heterocycles. The zero-order valence-electron chi connectivity index (χ0n) is 13.5. The molecular formula is C19H14ClN3O3. The van der Waals surface area contributed by atoms with Gasteiger partial charge in [-0.15, -0.1) is 0 Å². The Balaban J connectivity index is 1.63. The number of ether oxygens (including phenoxy) is 1. The molecule has 2 aromatic carbocycles. The maximum atomic E-state index is 12.1. The van der Waals surface area contributed by atoms with E-state index in [1.807, 2.05) is 0 Å². The maximum absolute atomic E-state index is 12.1. The quantitative estimate of drug-likeness (QED) is 0.680. The van der Waals surface area contributed by atoms with Crippen molar-refractivity contribution < 1.29 is 14.3 Å². The summed E-state index contributed by atoms with van der Waals surface area (Å²) in [5.41, 5.74) is 0.871. The Kier molecular flexibility index (Phi) is 5.46. The number of nitrogens with one attached hydrogen (secondary N) is 2. The topological polar surface area (TPSA) is 80.3 Å². The lowest BCUT2D eigenvalue weighted by atomic mass is 10.3. The van der Waals surface area contributed by atoms with Gasteiger partial charge in [0.1, 0.15) is 11.5 Å². The van der Waals surface area contributed by atoms with Crippen LogP contribution < -0.4 is 15.4 Å². The van der Waals surface area contributed by atoms with Gasteiger partial charge in [0.15, 0.2) is 0 Å². The van der Waals surface area contributed by atoms with Crippen LogP contribution in [0.25, 0.3) is 0 Å². The summed E-state index contributed by atoms with van der Waals surface area (Å²) in [5.74, 6) is -0.467. The van der Waals surface area contributed by atoms with Gasteiger partial charge in [0.25, 0.3) is 0 Å². The lowest BCUT2D eigenvalue weighted by molar-refractivity contribution is -0.132. The molecule has 0 atom stereocenters. The Bertz CT molecular complexity index is 932. The molecule has 7 heteroatoms. The van der Waals surface area contributed by atoms with Crippen molar-refractivity contribution in [3.8, 4) is 11.5 Å². The summed E-state index contributed by atoms with van der Waals surface area (Å²) < 4.78 is 5.66. The number of hydrogen-bond donors (Lipinski definition) is 2. The molecule has 1 aromatic heterocycles. The molecule has 0 saturated carbocycles. The third-order valence-corrected chi connectivity index (χ3v) is 3.50. The standard InChI is InChI=1S/C19H14ClN3O3/c20-13-3-1-4-14(11-13)22-18(24)19(25)23-15-5-2-6-17(12-15)26-16-7-9-21-10-8-16/h1-12H,(H,22,24)(H,23,25). The van der Waals surface area contributed by atoms with Crippen LogP contribution in [0.1, 0.15) is 0 Å². The lowest BCUT2D eigenvalue weighted by Crippen LogP contribution is -2.29. The van der Waals surface area contributed by atoms with E-state index < -0.39 is 11.8 Å². The van der Waals surface area contributed by atoms with E-state index in [1.54, 1.807) is 73.1 Å². The Morgan fingerprint density at radius 1 is 0.808 bits per heavy atom. The van der Waals surface area contributed by atoms with E-state index in [0.717, 1.165) is 0 Å². The maximum Gasteiger partial charge on any atom is 0.314 e. The molecule has 0 aliphatic rings. The molecule has 130 valence electrons. The van der Waals surface area contributed by atoms with E-state index in [0.29, 0.717) is 27.9 Å². The predicted molar refractivity (Wildman–Crippen MR) is 99.5 cm³/mol. The number of nitrogens with zero attached hydrogens (tertiary/aromatic N) is 1. The first-order valence-corrected chi connectivity index (χ1v) is 8.04. The number of carbonyl (C=O) groups excluding carboxylic acids is 2. The van der Waals surface area contributed by atoms with Crippen LogP contribution in [-0.4, -0.2) is 16.8 Å². The van der Waals surface area contributed by atoms with Crippen molar-refractivity contribution in [1.29, 1.82) is 0 Å². The zero-order chi connectivity index (χ0) is 18.4.